The van der Waals surface area contributed by atoms with Crippen molar-refractivity contribution in [1.82, 2.24) is 5.32 Å². The van der Waals surface area contributed by atoms with E-state index >= 15 is 0 Å². The van der Waals surface area contributed by atoms with E-state index in [9.17, 15) is 9.90 Å². The van der Waals surface area contributed by atoms with Gasteiger partial charge in [0.25, 0.3) is 0 Å². The normalized spacial score (nSPS) is 34.6. The van der Waals surface area contributed by atoms with Gasteiger partial charge in [0.05, 0.1) is 0 Å². The SMILES string of the molecule is O=C(O)C1(C2CCCCC2)NCCS1. The zero-order valence-corrected chi connectivity index (χ0v) is 9.11. The molecule has 2 N–H and O–H groups in total. The van der Waals surface area contributed by atoms with E-state index in [-0.39, 0.29) is 0 Å². The van der Waals surface area contributed by atoms with Crippen LogP contribution in [0.1, 0.15) is 32.1 Å². The van der Waals surface area contributed by atoms with Gasteiger partial charge in [-0.3, -0.25) is 5.32 Å². The molecule has 0 spiro atoms. The first-order valence-corrected chi connectivity index (χ1v) is 6.36. The molecule has 0 aromatic carbocycles. The maximum Gasteiger partial charge on any atom is 0.334 e. The van der Waals surface area contributed by atoms with Crippen molar-refractivity contribution in [2.45, 2.75) is 37.0 Å². The molecule has 0 bridgehead atoms. The lowest BCUT2D eigenvalue weighted by atomic mass is 9.83. The number of thioether (sulfide) groups is 1. The van der Waals surface area contributed by atoms with Gasteiger partial charge in [-0.25, -0.2) is 4.79 Å². The van der Waals surface area contributed by atoms with Crippen LogP contribution in [0.2, 0.25) is 0 Å². The van der Waals surface area contributed by atoms with E-state index in [1.165, 1.54) is 19.3 Å². The Morgan fingerprint density at radius 2 is 2.07 bits per heavy atom. The highest BCUT2D eigenvalue weighted by atomic mass is 32.2. The first kappa shape index (κ1) is 10.3. The van der Waals surface area contributed by atoms with Crippen LogP contribution in [-0.4, -0.2) is 28.2 Å². The van der Waals surface area contributed by atoms with Gasteiger partial charge in [-0.05, 0) is 18.8 Å². The van der Waals surface area contributed by atoms with Crippen LogP contribution in [0.15, 0.2) is 0 Å². The van der Waals surface area contributed by atoms with Crippen molar-refractivity contribution in [3.05, 3.63) is 0 Å². The first-order chi connectivity index (χ1) is 6.76. The summed E-state index contributed by atoms with van der Waals surface area (Å²) in [5, 5.41) is 12.5. The summed E-state index contributed by atoms with van der Waals surface area (Å²) in [7, 11) is 0. The maximum absolute atomic E-state index is 11.3. The minimum absolute atomic E-state index is 0.334. The molecule has 0 aromatic heterocycles. The van der Waals surface area contributed by atoms with Crippen LogP contribution < -0.4 is 5.32 Å². The van der Waals surface area contributed by atoms with Gasteiger partial charge < -0.3 is 5.11 Å². The molecule has 3 nitrogen and oxygen atoms in total. The predicted molar refractivity (Wildman–Crippen MR) is 57.4 cm³/mol. The second kappa shape index (κ2) is 4.11. The molecule has 1 saturated carbocycles. The number of carbonyl (C=O) groups is 1. The molecular formula is C10H17NO2S. The van der Waals surface area contributed by atoms with E-state index in [0.717, 1.165) is 25.1 Å². The van der Waals surface area contributed by atoms with Gasteiger partial charge in [-0.15, -0.1) is 11.8 Å². The van der Waals surface area contributed by atoms with Gasteiger partial charge in [0.1, 0.15) is 0 Å². The molecule has 0 amide bonds. The van der Waals surface area contributed by atoms with E-state index in [2.05, 4.69) is 5.32 Å². The Kier molecular flexibility index (Phi) is 3.02. The van der Waals surface area contributed by atoms with Crippen LogP contribution in [0, 0.1) is 5.92 Å². The lowest BCUT2D eigenvalue weighted by Gasteiger charge is -2.35. The molecule has 2 fully saturated rings. The Morgan fingerprint density at radius 1 is 1.36 bits per heavy atom. The van der Waals surface area contributed by atoms with Crippen LogP contribution in [0.5, 0.6) is 0 Å². The molecule has 1 unspecified atom stereocenters. The molecule has 1 heterocycles. The second-order valence-electron chi connectivity index (χ2n) is 4.15. The molecule has 1 aliphatic carbocycles. The van der Waals surface area contributed by atoms with Crippen molar-refractivity contribution in [1.29, 1.82) is 0 Å². The van der Waals surface area contributed by atoms with Crippen LogP contribution in [0.4, 0.5) is 0 Å². The lowest BCUT2D eigenvalue weighted by molar-refractivity contribution is -0.142. The van der Waals surface area contributed by atoms with Gasteiger partial charge in [-0.1, -0.05) is 19.3 Å². The number of carboxylic acids is 1. The fourth-order valence-corrected chi connectivity index (χ4v) is 3.91. The van der Waals surface area contributed by atoms with E-state index in [1.54, 1.807) is 11.8 Å². The van der Waals surface area contributed by atoms with Crippen LogP contribution >= 0.6 is 11.8 Å². The zero-order chi connectivity index (χ0) is 10.0. The molecule has 1 atom stereocenters. The van der Waals surface area contributed by atoms with Gasteiger partial charge in [-0.2, -0.15) is 0 Å². The Labute approximate surface area is 88.6 Å². The average molecular weight is 215 g/mol. The van der Waals surface area contributed by atoms with E-state index in [1.807, 2.05) is 0 Å². The summed E-state index contributed by atoms with van der Waals surface area (Å²) in [6.07, 6.45) is 5.82. The number of carboxylic acid groups (broad SMARTS) is 1. The Balaban J connectivity index is 2.12. The van der Waals surface area contributed by atoms with Crippen LogP contribution in [0.25, 0.3) is 0 Å². The van der Waals surface area contributed by atoms with Crippen molar-refractivity contribution in [2.24, 2.45) is 5.92 Å². The quantitative estimate of drug-likeness (QED) is 0.736. The number of aliphatic carboxylic acids is 1. The summed E-state index contributed by atoms with van der Waals surface area (Å²) in [6, 6.07) is 0. The molecule has 14 heavy (non-hydrogen) atoms. The molecule has 2 rings (SSSR count). The zero-order valence-electron chi connectivity index (χ0n) is 8.29. The highest BCUT2D eigenvalue weighted by Gasteiger charge is 2.48. The van der Waals surface area contributed by atoms with Gasteiger partial charge in [0, 0.05) is 12.3 Å². The van der Waals surface area contributed by atoms with Gasteiger partial charge in [0.2, 0.25) is 0 Å². The standard InChI is InChI=1S/C10H17NO2S/c12-9(13)10(11-6-7-14-10)8-4-2-1-3-5-8/h8,11H,1-7H2,(H,12,13). The summed E-state index contributed by atoms with van der Waals surface area (Å²) in [5.41, 5.74) is 0. The summed E-state index contributed by atoms with van der Waals surface area (Å²) in [6.45, 7) is 0.841. The van der Waals surface area contributed by atoms with E-state index < -0.39 is 10.8 Å². The van der Waals surface area contributed by atoms with Crippen molar-refractivity contribution >= 4 is 17.7 Å². The number of rotatable bonds is 2. The van der Waals surface area contributed by atoms with Crippen molar-refractivity contribution in [2.75, 3.05) is 12.3 Å². The Bertz CT molecular complexity index is 220. The van der Waals surface area contributed by atoms with Crippen molar-refractivity contribution in [3.8, 4) is 0 Å². The highest BCUT2D eigenvalue weighted by Crippen LogP contribution is 2.42. The monoisotopic (exact) mass is 215 g/mol. The number of hydrogen-bond donors (Lipinski definition) is 2. The molecule has 0 radical (unpaired) electrons. The predicted octanol–water partition coefficient (Wildman–Crippen LogP) is 1.68. The molecule has 4 heteroatoms. The lowest BCUT2D eigenvalue weighted by Crippen LogP contribution is -2.51. The van der Waals surface area contributed by atoms with Crippen molar-refractivity contribution in [3.63, 3.8) is 0 Å². The highest BCUT2D eigenvalue weighted by molar-refractivity contribution is 8.01. The Morgan fingerprint density at radius 3 is 2.57 bits per heavy atom. The third kappa shape index (κ3) is 1.65. The minimum Gasteiger partial charge on any atom is -0.479 e. The van der Waals surface area contributed by atoms with E-state index in [0.29, 0.717) is 5.92 Å². The minimum atomic E-state index is -0.660. The van der Waals surface area contributed by atoms with Crippen LogP contribution in [0.3, 0.4) is 0 Å². The summed E-state index contributed by atoms with van der Waals surface area (Å²) < 4.78 is 0. The molecule has 80 valence electrons. The van der Waals surface area contributed by atoms with Crippen LogP contribution in [-0.2, 0) is 4.79 Å². The van der Waals surface area contributed by atoms with Gasteiger partial charge >= 0.3 is 5.97 Å². The summed E-state index contributed by atoms with van der Waals surface area (Å²) >= 11 is 1.59. The fraction of sp³-hybridized carbons (Fsp3) is 0.900. The maximum atomic E-state index is 11.3. The second-order valence-corrected chi connectivity index (χ2v) is 5.49. The third-order valence-corrected chi connectivity index (χ3v) is 4.83. The smallest absolute Gasteiger partial charge is 0.334 e. The molecule has 1 aliphatic heterocycles. The molecule has 0 aromatic rings. The fourth-order valence-electron chi connectivity index (χ4n) is 2.58. The van der Waals surface area contributed by atoms with Gasteiger partial charge in [0.15, 0.2) is 4.87 Å². The topological polar surface area (TPSA) is 49.3 Å². The largest absolute Gasteiger partial charge is 0.479 e. The summed E-state index contributed by atoms with van der Waals surface area (Å²) in [4.78, 5) is 10.7. The molecular weight excluding hydrogens is 198 g/mol. The van der Waals surface area contributed by atoms with E-state index in [4.69, 9.17) is 0 Å². The third-order valence-electron chi connectivity index (χ3n) is 3.32. The number of nitrogens with one attached hydrogen (secondary N) is 1. The number of hydrogen-bond acceptors (Lipinski definition) is 3. The van der Waals surface area contributed by atoms with Crippen molar-refractivity contribution < 1.29 is 9.90 Å². The molecule has 1 saturated heterocycles. The first-order valence-electron chi connectivity index (χ1n) is 5.38. The summed E-state index contributed by atoms with van der Waals surface area (Å²) in [5.74, 6) is 0.608. The Hall–Kier alpha value is -0.220. The average Bonchev–Trinajstić information content (AvgIpc) is 2.69. The molecule has 2 aliphatic rings.